The number of aryl methyl sites for hydroxylation is 1. The molecule has 1 N–H and O–H groups in total. The topological polar surface area (TPSA) is 90.5 Å². The molecule has 1 aliphatic heterocycles. The van der Waals surface area contributed by atoms with Crippen LogP contribution >= 0.6 is 0 Å². The van der Waals surface area contributed by atoms with Crippen LogP contribution in [-0.2, 0) is 18.3 Å². The highest BCUT2D eigenvalue weighted by Gasteiger charge is 2.47. The van der Waals surface area contributed by atoms with E-state index in [-0.39, 0.29) is 5.91 Å². The second-order valence-electron chi connectivity index (χ2n) is 6.85. The summed E-state index contributed by atoms with van der Waals surface area (Å²) in [6.07, 6.45) is 2.59. The number of aromatic nitrogens is 1. The summed E-state index contributed by atoms with van der Waals surface area (Å²) in [5.41, 5.74) is 2.11. The molecule has 2 aromatic rings. The van der Waals surface area contributed by atoms with Crippen molar-refractivity contribution in [2.75, 3.05) is 0 Å². The number of amides is 3. The van der Waals surface area contributed by atoms with Gasteiger partial charge in [-0.25, -0.2) is 4.79 Å². The van der Waals surface area contributed by atoms with Crippen molar-refractivity contribution in [2.45, 2.75) is 32.2 Å². The van der Waals surface area contributed by atoms with Gasteiger partial charge in [0.15, 0.2) is 0 Å². The molecule has 0 bridgehead atoms. The number of hydrogen-bond donors (Lipinski definition) is 1. The standard InChI is InChI=1S/C20H21N5O2/c1-14-16(11-17(12-21)24(14)3)13-22-25-18(26)20(2,23-19(25)27)10-9-15-7-5-4-6-8-15/h4-8,11,13H,9-10H2,1-3H3,(H,23,27)/b22-13-/t20-/m0/s1. The van der Waals surface area contributed by atoms with Crippen LogP contribution in [-0.4, -0.2) is 33.3 Å². The highest BCUT2D eigenvalue weighted by molar-refractivity contribution is 6.07. The first-order valence-corrected chi connectivity index (χ1v) is 8.67. The number of nitriles is 1. The summed E-state index contributed by atoms with van der Waals surface area (Å²) >= 11 is 0. The Labute approximate surface area is 157 Å². The fraction of sp³-hybridized carbons (Fsp3) is 0.300. The number of urea groups is 1. The molecule has 1 fully saturated rings. The molecule has 2 heterocycles. The minimum atomic E-state index is -0.992. The number of benzene rings is 1. The highest BCUT2D eigenvalue weighted by atomic mass is 16.2. The first-order chi connectivity index (χ1) is 12.9. The molecule has 1 atom stereocenters. The smallest absolute Gasteiger partial charge is 0.339 e. The average molecular weight is 363 g/mol. The number of imide groups is 1. The van der Waals surface area contributed by atoms with Gasteiger partial charge in [0.2, 0.25) is 0 Å². The first kappa shape index (κ1) is 18.4. The van der Waals surface area contributed by atoms with Crippen molar-refractivity contribution in [2.24, 2.45) is 12.1 Å². The Hall–Kier alpha value is -3.40. The Balaban J connectivity index is 1.75. The summed E-state index contributed by atoms with van der Waals surface area (Å²) in [6.45, 7) is 3.56. The van der Waals surface area contributed by atoms with Crippen LogP contribution in [0.2, 0.25) is 0 Å². The Morgan fingerprint density at radius 3 is 2.63 bits per heavy atom. The average Bonchev–Trinajstić information content (AvgIpc) is 3.06. The molecular formula is C20H21N5O2. The van der Waals surface area contributed by atoms with Crippen LogP contribution in [0.1, 0.15) is 35.9 Å². The number of carbonyl (C=O) groups is 2. The van der Waals surface area contributed by atoms with Gasteiger partial charge >= 0.3 is 6.03 Å². The number of hydrogen-bond acceptors (Lipinski definition) is 4. The SMILES string of the molecule is Cc1c(/C=N\N2C(=O)N[C@@](C)(CCc3ccccc3)C2=O)cc(C#N)n1C. The zero-order valence-electron chi connectivity index (χ0n) is 15.6. The van der Waals surface area contributed by atoms with E-state index in [0.29, 0.717) is 24.1 Å². The molecule has 1 aliphatic rings. The molecule has 7 heteroatoms. The van der Waals surface area contributed by atoms with Crippen LogP contribution < -0.4 is 5.32 Å². The van der Waals surface area contributed by atoms with Gasteiger partial charge < -0.3 is 9.88 Å². The van der Waals surface area contributed by atoms with E-state index in [1.165, 1.54) is 6.21 Å². The van der Waals surface area contributed by atoms with Crippen molar-refractivity contribution >= 4 is 18.2 Å². The van der Waals surface area contributed by atoms with E-state index >= 15 is 0 Å². The van der Waals surface area contributed by atoms with E-state index in [0.717, 1.165) is 16.3 Å². The van der Waals surface area contributed by atoms with Gasteiger partial charge in [-0.15, -0.1) is 5.01 Å². The quantitative estimate of drug-likeness (QED) is 0.653. The van der Waals surface area contributed by atoms with Gasteiger partial charge in [0.25, 0.3) is 5.91 Å². The zero-order chi connectivity index (χ0) is 19.6. The third-order valence-electron chi connectivity index (χ3n) is 5.00. The van der Waals surface area contributed by atoms with Crippen molar-refractivity contribution in [1.29, 1.82) is 5.26 Å². The molecule has 27 heavy (non-hydrogen) atoms. The number of carbonyl (C=O) groups excluding carboxylic acids is 2. The predicted molar refractivity (Wildman–Crippen MR) is 101 cm³/mol. The monoisotopic (exact) mass is 363 g/mol. The summed E-state index contributed by atoms with van der Waals surface area (Å²) in [6, 6.07) is 13.0. The van der Waals surface area contributed by atoms with Gasteiger partial charge in [-0.3, -0.25) is 4.79 Å². The second-order valence-corrected chi connectivity index (χ2v) is 6.85. The summed E-state index contributed by atoms with van der Waals surface area (Å²) in [5, 5.41) is 16.8. The van der Waals surface area contributed by atoms with Gasteiger partial charge in [-0.1, -0.05) is 30.3 Å². The number of nitrogens with one attached hydrogen (secondary N) is 1. The third-order valence-corrected chi connectivity index (χ3v) is 5.00. The van der Waals surface area contributed by atoms with Crippen molar-refractivity contribution in [3.63, 3.8) is 0 Å². The maximum absolute atomic E-state index is 12.8. The fourth-order valence-electron chi connectivity index (χ4n) is 3.06. The molecule has 3 rings (SSSR count). The van der Waals surface area contributed by atoms with Crippen molar-refractivity contribution in [3.05, 3.63) is 58.9 Å². The molecule has 0 aliphatic carbocycles. The summed E-state index contributed by atoms with van der Waals surface area (Å²) < 4.78 is 1.73. The molecule has 0 saturated carbocycles. The molecular weight excluding hydrogens is 342 g/mol. The van der Waals surface area contributed by atoms with Crippen LogP contribution in [0.25, 0.3) is 0 Å². The van der Waals surface area contributed by atoms with Crippen LogP contribution in [0.5, 0.6) is 0 Å². The molecule has 0 spiro atoms. The predicted octanol–water partition coefficient (Wildman–Crippen LogP) is 2.48. The zero-order valence-corrected chi connectivity index (χ0v) is 15.6. The molecule has 3 amide bonds. The van der Waals surface area contributed by atoms with Gasteiger partial charge in [-0.05, 0) is 38.3 Å². The van der Waals surface area contributed by atoms with Gasteiger partial charge in [0.1, 0.15) is 17.3 Å². The lowest BCUT2D eigenvalue weighted by Crippen LogP contribution is -2.44. The van der Waals surface area contributed by atoms with Crippen LogP contribution in [0.4, 0.5) is 4.79 Å². The van der Waals surface area contributed by atoms with E-state index in [2.05, 4.69) is 16.5 Å². The molecule has 1 aromatic carbocycles. The van der Waals surface area contributed by atoms with Crippen molar-refractivity contribution < 1.29 is 9.59 Å². The minimum absolute atomic E-state index is 0.381. The largest absolute Gasteiger partial charge is 0.346 e. The van der Waals surface area contributed by atoms with E-state index in [1.807, 2.05) is 37.3 Å². The maximum atomic E-state index is 12.8. The first-order valence-electron chi connectivity index (χ1n) is 8.67. The Morgan fingerprint density at radius 2 is 2.00 bits per heavy atom. The molecule has 1 saturated heterocycles. The van der Waals surface area contributed by atoms with E-state index in [9.17, 15) is 9.59 Å². The lowest BCUT2D eigenvalue weighted by molar-refractivity contribution is -0.130. The van der Waals surface area contributed by atoms with Crippen LogP contribution in [0.15, 0.2) is 41.5 Å². The lowest BCUT2D eigenvalue weighted by Gasteiger charge is -2.20. The highest BCUT2D eigenvalue weighted by Crippen LogP contribution is 2.24. The Bertz CT molecular complexity index is 955. The summed E-state index contributed by atoms with van der Waals surface area (Å²) in [5.74, 6) is -0.381. The van der Waals surface area contributed by atoms with E-state index in [1.54, 1.807) is 24.6 Å². The van der Waals surface area contributed by atoms with Crippen molar-refractivity contribution in [3.8, 4) is 6.07 Å². The lowest BCUT2D eigenvalue weighted by atomic mass is 9.93. The number of rotatable bonds is 5. The summed E-state index contributed by atoms with van der Waals surface area (Å²) in [7, 11) is 1.78. The minimum Gasteiger partial charge on any atom is -0.339 e. The van der Waals surface area contributed by atoms with E-state index in [4.69, 9.17) is 5.26 Å². The number of hydrazone groups is 1. The Morgan fingerprint density at radius 1 is 1.30 bits per heavy atom. The number of nitrogens with zero attached hydrogens (tertiary/aromatic N) is 4. The maximum Gasteiger partial charge on any atom is 0.346 e. The molecule has 0 radical (unpaired) electrons. The van der Waals surface area contributed by atoms with Crippen molar-refractivity contribution in [1.82, 2.24) is 14.9 Å². The molecule has 0 unspecified atom stereocenters. The van der Waals surface area contributed by atoms with Crippen LogP contribution in [0.3, 0.4) is 0 Å². The molecule has 1 aromatic heterocycles. The van der Waals surface area contributed by atoms with E-state index < -0.39 is 11.6 Å². The normalized spacial score (nSPS) is 19.6. The fourth-order valence-corrected chi connectivity index (χ4v) is 3.06. The Kier molecular flexibility index (Phi) is 4.82. The van der Waals surface area contributed by atoms with Crippen LogP contribution in [0, 0.1) is 18.3 Å². The van der Waals surface area contributed by atoms with Gasteiger partial charge in [0.05, 0.1) is 6.21 Å². The third kappa shape index (κ3) is 3.47. The molecule has 138 valence electrons. The van der Waals surface area contributed by atoms with Gasteiger partial charge in [-0.2, -0.15) is 10.4 Å². The second kappa shape index (κ2) is 7.08. The van der Waals surface area contributed by atoms with Gasteiger partial charge in [0, 0.05) is 18.3 Å². The summed E-state index contributed by atoms with van der Waals surface area (Å²) in [4.78, 5) is 25.0. The molecule has 7 nitrogen and oxygen atoms in total.